The summed E-state index contributed by atoms with van der Waals surface area (Å²) in [7, 11) is 0. The molecule has 0 N–H and O–H groups in total. The molecular formula is C16H15Br2NO. The van der Waals surface area contributed by atoms with E-state index in [2.05, 4.69) is 43.8 Å². The molecule has 0 heterocycles. The Bertz CT molecular complexity index is 621. The maximum absolute atomic E-state index is 5.67. The summed E-state index contributed by atoms with van der Waals surface area (Å²) >= 11 is 7.00. The maximum Gasteiger partial charge on any atom is 0.142 e. The van der Waals surface area contributed by atoms with Crippen LogP contribution in [-0.4, -0.2) is 12.8 Å². The molecule has 20 heavy (non-hydrogen) atoms. The second-order valence-electron chi connectivity index (χ2n) is 4.33. The first-order chi connectivity index (χ1) is 9.60. The van der Waals surface area contributed by atoms with E-state index in [0.717, 1.165) is 25.9 Å². The molecule has 0 aliphatic heterocycles. The van der Waals surface area contributed by atoms with Crippen molar-refractivity contribution >= 4 is 43.8 Å². The third-order valence-electron chi connectivity index (χ3n) is 2.71. The van der Waals surface area contributed by atoms with E-state index in [4.69, 9.17) is 4.74 Å². The van der Waals surface area contributed by atoms with Crippen LogP contribution in [0.2, 0.25) is 0 Å². The molecule has 0 bridgehead atoms. The van der Waals surface area contributed by atoms with Crippen LogP contribution in [-0.2, 0) is 0 Å². The zero-order valence-corrected chi connectivity index (χ0v) is 14.5. The minimum atomic E-state index is 0.617. The van der Waals surface area contributed by atoms with E-state index < -0.39 is 0 Å². The molecule has 2 nitrogen and oxygen atoms in total. The van der Waals surface area contributed by atoms with Gasteiger partial charge in [0, 0.05) is 16.3 Å². The molecule has 0 saturated carbocycles. The van der Waals surface area contributed by atoms with E-state index in [1.165, 1.54) is 5.56 Å². The van der Waals surface area contributed by atoms with Crippen LogP contribution in [0.5, 0.6) is 5.75 Å². The third-order valence-corrected chi connectivity index (χ3v) is 3.76. The van der Waals surface area contributed by atoms with Gasteiger partial charge in [0.25, 0.3) is 0 Å². The molecule has 0 saturated heterocycles. The van der Waals surface area contributed by atoms with Gasteiger partial charge in [-0.05, 0) is 54.0 Å². The van der Waals surface area contributed by atoms with Crippen molar-refractivity contribution in [2.45, 2.75) is 13.8 Å². The zero-order valence-electron chi connectivity index (χ0n) is 11.4. The Morgan fingerprint density at radius 3 is 2.50 bits per heavy atom. The molecule has 2 aromatic rings. The van der Waals surface area contributed by atoms with Crippen LogP contribution in [0.15, 0.2) is 50.3 Å². The number of halogens is 2. The van der Waals surface area contributed by atoms with Crippen molar-refractivity contribution < 1.29 is 4.74 Å². The fourth-order valence-electron chi connectivity index (χ4n) is 1.75. The summed E-state index contributed by atoms with van der Waals surface area (Å²) in [4.78, 5) is 4.50. The van der Waals surface area contributed by atoms with Gasteiger partial charge in [0.1, 0.15) is 5.75 Å². The van der Waals surface area contributed by atoms with Crippen LogP contribution in [0.25, 0.3) is 0 Å². The lowest BCUT2D eigenvalue weighted by Crippen LogP contribution is -1.97. The van der Waals surface area contributed by atoms with Crippen molar-refractivity contribution in [2.75, 3.05) is 6.61 Å². The Hall–Kier alpha value is -1.13. The van der Waals surface area contributed by atoms with Gasteiger partial charge in [-0.25, -0.2) is 0 Å². The molecule has 4 heteroatoms. The fraction of sp³-hybridized carbons (Fsp3) is 0.188. The van der Waals surface area contributed by atoms with Crippen LogP contribution in [0.4, 0.5) is 5.69 Å². The third kappa shape index (κ3) is 3.93. The molecule has 0 atom stereocenters. The van der Waals surface area contributed by atoms with E-state index in [9.17, 15) is 0 Å². The van der Waals surface area contributed by atoms with Crippen molar-refractivity contribution in [3.63, 3.8) is 0 Å². The van der Waals surface area contributed by atoms with Gasteiger partial charge in [-0.3, -0.25) is 4.99 Å². The second-order valence-corrected chi connectivity index (χ2v) is 6.10. The molecule has 104 valence electrons. The first kappa shape index (κ1) is 15.3. The van der Waals surface area contributed by atoms with Crippen LogP contribution >= 0.6 is 31.9 Å². The molecule has 2 rings (SSSR count). The van der Waals surface area contributed by atoms with Crippen molar-refractivity contribution in [1.29, 1.82) is 0 Å². The number of hydrogen-bond donors (Lipinski definition) is 0. The first-order valence-corrected chi connectivity index (χ1v) is 7.91. The van der Waals surface area contributed by atoms with Crippen molar-refractivity contribution in [3.05, 3.63) is 56.5 Å². The lowest BCUT2D eigenvalue weighted by atomic mass is 10.2. The van der Waals surface area contributed by atoms with Crippen molar-refractivity contribution in [2.24, 2.45) is 4.99 Å². The number of aryl methyl sites for hydroxylation is 1. The number of aliphatic imine (C=N–C) groups is 1. The SMILES string of the molecule is CCOc1c(Br)cc(Br)cc1C=Nc1ccc(C)cc1. The van der Waals surface area contributed by atoms with Gasteiger partial charge in [0.2, 0.25) is 0 Å². The average molecular weight is 397 g/mol. The lowest BCUT2D eigenvalue weighted by molar-refractivity contribution is 0.337. The van der Waals surface area contributed by atoms with Gasteiger partial charge in [-0.15, -0.1) is 0 Å². The summed E-state index contributed by atoms with van der Waals surface area (Å²) in [6.07, 6.45) is 1.82. The summed E-state index contributed by atoms with van der Waals surface area (Å²) in [5.74, 6) is 0.812. The number of rotatable bonds is 4. The monoisotopic (exact) mass is 395 g/mol. The Morgan fingerprint density at radius 2 is 1.85 bits per heavy atom. The van der Waals surface area contributed by atoms with E-state index in [1.54, 1.807) is 0 Å². The average Bonchev–Trinajstić information content (AvgIpc) is 2.41. The molecule has 0 spiro atoms. The molecular weight excluding hydrogens is 382 g/mol. The van der Waals surface area contributed by atoms with Crippen LogP contribution in [0.3, 0.4) is 0 Å². The van der Waals surface area contributed by atoms with E-state index in [0.29, 0.717) is 6.61 Å². The molecule has 0 amide bonds. The predicted octanol–water partition coefficient (Wildman–Crippen LogP) is 5.67. The molecule has 0 aliphatic carbocycles. The summed E-state index contributed by atoms with van der Waals surface area (Å²) in [6.45, 7) is 4.65. The molecule has 0 aliphatic rings. The number of nitrogens with zero attached hydrogens (tertiary/aromatic N) is 1. The molecule has 0 radical (unpaired) electrons. The maximum atomic E-state index is 5.67. The van der Waals surface area contributed by atoms with Gasteiger partial charge in [-0.2, -0.15) is 0 Å². The Balaban J connectivity index is 2.34. The minimum Gasteiger partial charge on any atom is -0.492 e. The van der Waals surface area contributed by atoms with E-state index >= 15 is 0 Å². The highest BCUT2D eigenvalue weighted by atomic mass is 79.9. The summed E-state index contributed by atoms with van der Waals surface area (Å²) in [5, 5.41) is 0. The van der Waals surface area contributed by atoms with Gasteiger partial charge in [-0.1, -0.05) is 33.6 Å². The summed E-state index contributed by atoms with van der Waals surface area (Å²) < 4.78 is 7.57. The van der Waals surface area contributed by atoms with E-state index in [-0.39, 0.29) is 0 Å². The van der Waals surface area contributed by atoms with Crippen LogP contribution < -0.4 is 4.74 Å². The highest BCUT2D eigenvalue weighted by molar-refractivity contribution is 9.11. The van der Waals surface area contributed by atoms with Crippen LogP contribution in [0.1, 0.15) is 18.1 Å². The topological polar surface area (TPSA) is 21.6 Å². The van der Waals surface area contributed by atoms with Crippen molar-refractivity contribution in [1.82, 2.24) is 0 Å². The second kappa shape index (κ2) is 7.04. The smallest absolute Gasteiger partial charge is 0.142 e. The fourth-order valence-corrected chi connectivity index (χ4v) is 3.12. The van der Waals surface area contributed by atoms with Crippen LogP contribution in [0, 0.1) is 6.92 Å². The largest absolute Gasteiger partial charge is 0.492 e. The van der Waals surface area contributed by atoms with E-state index in [1.807, 2.05) is 49.5 Å². The zero-order chi connectivity index (χ0) is 14.5. The Kier molecular flexibility index (Phi) is 5.38. The quantitative estimate of drug-likeness (QED) is 0.610. The highest BCUT2D eigenvalue weighted by Crippen LogP contribution is 2.32. The Morgan fingerprint density at radius 1 is 1.15 bits per heavy atom. The number of benzene rings is 2. The number of ether oxygens (including phenoxy) is 1. The van der Waals surface area contributed by atoms with Gasteiger partial charge in [0.05, 0.1) is 16.8 Å². The molecule has 2 aromatic carbocycles. The Labute approximate surface area is 136 Å². The standard InChI is InChI=1S/C16H15Br2NO/c1-3-20-16-12(8-13(17)9-15(16)18)10-19-14-6-4-11(2)5-7-14/h4-10H,3H2,1-2H3. The highest BCUT2D eigenvalue weighted by Gasteiger charge is 2.08. The normalized spacial score (nSPS) is 11.0. The first-order valence-electron chi connectivity index (χ1n) is 6.32. The predicted molar refractivity (Wildman–Crippen MR) is 91.4 cm³/mol. The van der Waals surface area contributed by atoms with Gasteiger partial charge >= 0.3 is 0 Å². The summed E-state index contributed by atoms with van der Waals surface area (Å²) in [5.41, 5.74) is 3.09. The number of hydrogen-bond acceptors (Lipinski definition) is 2. The van der Waals surface area contributed by atoms with Gasteiger partial charge < -0.3 is 4.74 Å². The summed E-state index contributed by atoms with van der Waals surface area (Å²) in [6, 6.07) is 12.1. The molecule has 0 fully saturated rings. The minimum absolute atomic E-state index is 0.617. The molecule has 0 aromatic heterocycles. The lowest BCUT2D eigenvalue weighted by Gasteiger charge is -2.10. The molecule has 0 unspecified atom stereocenters. The van der Waals surface area contributed by atoms with Gasteiger partial charge in [0.15, 0.2) is 0 Å². The van der Waals surface area contributed by atoms with Crippen molar-refractivity contribution in [3.8, 4) is 5.75 Å².